The Kier molecular flexibility index (Phi) is 6.58. The molecule has 0 unspecified atom stereocenters. The number of nitrogens with one attached hydrogen (secondary N) is 1. The zero-order valence-electron chi connectivity index (χ0n) is 18.2. The first-order chi connectivity index (χ1) is 15.5. The lowest BCUT2D eigenvalue weighted by Crippen LogP contribution is -2.29. The summed E-state index contributed by atoms with van der Waals surface area (Å²) < 4.78 is 7.61. The highest BCUT2D eigenvalue weighted by molar-refractivity contribution is 5.71. The Balaban J connectivity index is 1.48. The lowest BCUT2D eigenvalue weighted by atomic mass is 9.87. The van der Waals surface area contributed by atoms with Crippen molar-refractivity contribution in [3.05, 3.63) is 36.3 Å². The third-order valence-corrected chi connectivity index (χ3v) is 5.53. The van der Waals surface area contributed by atoms with E-state index in [1.165, 1.54) is 0 Å². The second kappa shape index (κ2) is 9.71. The van der Waals surface area contributed by atoms with Crippen LogP contribution in [0.4, 0.5) is 11.8 Å². The molecule has 2 N–H and O–H groups in total. The standard InChI is InChI=1S/C22H27N7O3/c1-3-5-15-10-11-23-22(25-15)26-20-19(27-28-29(20)2)18-9-8-17(13-24-18)32-16-7-4-6-14(12-16)21(30)31/h8-11,13-14,16H,3-7,12H2,1-2H3,(H,30,31)(H,23,25,26)/t14-,16-/m0/s1. The van der Waals surface area contributed by atoms with Crippen LogP contribution in [0.2, 0.25) is 0 Å². The molecular formula is C22H27N7O3. The summed E-state index contributed by atoms with van der Waals surface area (Å²) in [6.45, 7) is 2.11. The smallest absolute Gasteiger partial charge is 0.306 e. The lowest BCUT2D eigenvalue weighted by Gasteiger charge is -2.27. The van der Waals surface area contributed by atoms with Crippen molar-refractivity contribution in [2.45, 2.75) is 51.6 Å². The summed E-state index contributed by atoms with van der Waals surface area (Å²) >= 11 is 0. The Labute approximate surface area is 186 Å². The number of hydrogen-bond acceptors (Lipinski definition) is 8. The van der Waals surface area contributed by atoms with E-state index in [-0.39, 0.29) is 12.0 Å². The Morgan fingerprint density at radius 2 is 2.16 bits per heavy atom. The number of anilines is 2. The second-order valence-electron chi connectivity index (χ2n) is 7.98. The second-order valence-corrected chi connectivity index (χ2v) is 7.98. The molecule has 0 bridgehead atoms. The Morgan fingerprint density at radius 3 is 2.91 bits per heavy atom. The van der Waals surface area contributed by atoms with Gasteiger partial charge in [-0.15, -0.1) is 5.10 Å². The molecule has 32 heavy (non-hydrogen) atoms. The minimum atomic E-state index is -0.751. The number of nitrogens with zero attached hydrogens (tertiary/aromatic N) is 6. The van der Waals surface area contributed by atoms with Crippen LogP contribution in [0, 0.1) is 5.92 Å². The van der Waals surface area contributed by atoms with Crippen molar-refractivity contribution in [3.63, 3.8) is 0 Å². The molecule has 1 saturated carbocycles. The van der Waals surface area contributed by atoms with Gasteiger partial charge < -0.3 is 15.2 Å². The Morgan fingerprint density at radius 1 is 1.28 bits per heavy atom. The molecule has 0 aromatic carbocycles. The maximum absolute atomic E-state index is 11.3. The van der Waals surface area contributed by atoms with Crippen LogP contribution < -0.4 is 10.1 Å². The molecule has 1 aliphatic rings. The van der Waals surface area contributed by atoms with Gasteiger partial charge >= 0.3 is 5.97 Å². The van der Waals surface area contributed by atoms with Gasteiger partial charge in [-0.1, -0.05) is 18.6 Å². The topological polar surface area (TPSA) is 128 Å². The molecule has 4 rings (SSSR count). The predicted octanol–water partition coefficient (Wildman–Crippen LogP) is 3.39. The summed E-state index contributed by atoms with van der Waals surface area (Å²) in [6.07, 6.45) is 8.07. The maximum atomic E-state index is 11.3. The van der Waals surface area contributed by atoms with Crippen LogP contribution in [-0.4, -0.2) is 47.1 Å². The number of aryl methyl sites for hydroxylation is 2. The SMILES string of the molecule is CCCc1ccnc(Nc2c(-c3ccc(O[C@H]4CCC[C@H](C(=O)O)C4)cn3)nnn2C)n1. The zero-order chi connectivity index (χ0) is 22.5. The third-order valence-electron chi connectivity index (χ3n) is 5.53. The monoisotopic (exact) mass is 437 g/mol. The maximum Gasteiger partial charge on any atom is 0.306 e. The predicted molar refractivity (Wildman–Crippen MR) is 118 cm³/mol. The van der Waals surface area contributed by atoms with Crippen molar-refractivity contribution >= 4 is 17.7 Å². The number of carboxylic acid groups (broad SMARTS) is 1. The van der Waals surface area contributed by atoms with Gasteiger partial charge in [-0.3, -0.25) is 9.78 Å². The fourth-order valence-corrected chi connectivity index (χ4v) is 3.89. The highest BCUT2D eigenvalue weighted by atomic mass is 16.5. The molecule has 1 fully saturated rings. The molecular weight excluding hydrogens is 410 g/mol. The first-order valence-electron chi connectivity index (χ1n) is 10.9. The molecule has 3 heterocycles. The number of hydrogen-bond donors (Lipinski definition) is 2. The molecule has 10 heteroatoms. The number of carboxylic acids is 1. The highest BCUT2D eigenvalue weighted by Gasteiger charge is 2.28. The average molecular weight is 438 g/mol. The van der Waals surface area contributed by atoms with E-state index in [0.717, 1.165) is 31.4 Å². The normalized spacial score (nSPS) is 18.3. The van der Waals surface area contributed by atoms with Crippen LogP contribution in [0.5, 0.6) is 5.75 Å². The van der Waals surface area contributed by atoms with Crippen molar-refractivity contribution < 1.29 is 14.6 Å². The van der Waals surface area contributed by atoms with E-state index < -0.39 is 5.97 Å². The number of carbonyl (C=O) groups is 1. The molecule has 168 valence electrons. The van der Waals surface area contributed by atoms with Crippen LogP contribution in [0.25, 0.3) is 11.4 Å². The summed E-state index contributed by atoms with van der Waals surface area (Å²) in [5.74, 6) is 0.633. The van der Waals surface area contributed by atoms with Gasteiger partial charge in [-0.25, -0.2) is 14.6 Å². The van der Waals surface area contributed by atoms with Gasteiger partial charge in [0.05, 0.1) is 23.9 Å². The zero-order valence-corrected chi connectivity index (χ0v) is 18.2. The molecule has 3 aromatic heterocycles. The van der Waals surface area contributed by atoms with Crippen LogP contribution in [0.15, 0.2) is 30.6 Å². The number of aromatic nitrogens is 6. The molecule has 0 saturated heterocycles. The molecule has 2 atom stereocenters. The number of pyridine rings is 1. The fraction of sp³-hybridized carbons (Fsp3) is 0.455. The van der Waals surface area contributed by atoms with Gasteiger partial charge in [0.1, 0.15) is 5.75 Å². The molecule has 0 radical (unpaired) electrons. The van der Waals surface area contributed by atoms with Crippen LogP contribution in [-0.2, 0) is 18.3 Å². The van der Waals surface area contributed by atoms with Gasteiger partial charge in [-0.05, 0) is 50.3 Å². The van der Waals surface area contributed by atoms with Gasteiger partial charge in [0, 0.05) is 18.9 Å². The Bertz CT molecular complexity index is 1070. The van der Waals surface area contributed by atoms with Gasteiger partial charge in [-0.2, -0.15) is 0 Å². The van der Waals surface area contributed by atoms with Crippen molar-refractivity contribution in [3.8, 4) is 17.1 Å². The number of ether oxygens (including phenoxy) is 1. The Hall–Kier alpha value is -3.56. The minimum absolute atomic E-state index is 0.112. The summed E-state index contributed by atoms with van der Waals surface area (Å²) in [7, 11) is 1.79. The van der Waals surface area contributed by atoms with Crippen molar-refractivity contribution in [1.29, 1.82) is 0 Å². The number of rotatable bonds is 8. The van der Waals surface area contributed by atoms with E-state index >= 15 is 0 Å². The van der Waals surface area contributed by atoms with Gasteiger partial charge in [0.2, 0.25) is 5.95 Å². The van der Waals surface area contributed by atoms with E-state index in [4.69, 9.17) is 4.74 Å². The summed E-state index contributed by atoms with van der Waals surface area (Å²) in [6, 6.07) is 5.54. The van der Waals surface area contributed by atoms with E-state index in [0.29, 0.717) is 41.7 Å². The van der Waals surface area contributed by atoms with Gasteiger partial charge in [0.15, 0.2) is 11.5 Å². The molecule has 10 nitrogen and oxygen atoms in total. The average Bonchev–Trinajstić information content (AvgIpc) is 3.15. The highest BCUT2D eigenvalue weighted by Crippen LogP contribution is 2.30. The quantitative estimate of drug-likeness (QED) is 0.545. The molecule has 0 spiro atoms. The minimum Gasteiger partial charge on any atom is -0.489 e. The van der Waals surface area contributed by atoms with E-state index in [9.17, 15) is 9.90 Å². The number of aliphatic carboxylic acids is 1. The molecule has 1 aliphatic carbocycles. The summed E-state index contributed by atoms with van der Waals surface area (Å²) in [5.41, 5.74) is 2.17. The molecule has 3 aromatic rings. The largest absolute Gasteiger partial charge is 0.489 e. The summed E-state index contributed by atoms with van der Waals surface area (Å²) in [4.78, 5) is 24.6. The van der Waals surface area contributed by atoms with Crippen molar-refractivity contribution in [1.82, 2.24) is 29.9 Å². The van der Waals surface area contributed by atoms with Crippen LogP contribution in [0.1, 0.15) is 44.7 Å². The first-order valence-corrected chi connectivity index (χ1v) is 10.9. The summed E-state index contributed by atoms with van der Waals surface area (Å²) in [5, 5.41) is 20.8. The van der Waals surface area contributed by atoms with E-state index in [1.807, 2.05) is 18.2 Å². The molecule has 0 amide bonds. The van der Waals surface area contributed by atoms with Crippen molar-refractivity contribution in [2.24, 2.45) is 13.0 Å². The van der Waals surface area contributed by atoms with Gasteiger partial charge in [0.25, 0.3) is 0 Å². The van der Waals surface area contributed by atoms with Crippen molar-refractivity contribution in [2.75, 3.05) is 5.32 Å². The van der Waals surface area contributed by atoms with E-state index in [2.05, 4.69) is 37.5 Å². The third kappa shape index (κ3) is 5.01. The van der Waals surface area contributed by atoms with Crippen LogP contribution >= 0.6 is 0 Å². The molecule has 0 aliphatic heterocycles. The fourth-order valence-electron chi connectivity index (χ4n) is 3.89. The van der Waals surface area contributed by atoms with Crippen LogP contribution in [0.3, 0.4) is 0 Å². The lowest BCUT2D eigenvalue weighted by molar-refractivity contribution is -0.143. The first kappa shape index (κ1) is 21.7. The van der Waals surface area contributed by atoms with E-state index in [1.54, 1.807) is 24.1 Å².